The molecule has 2 aromatic heterocycles. The topological polar surface area (TPSA) is 87.7 Å². The monoisotopic (exact) mass is 282 g/mol. The largest absolute Gasteiger partial charge is 0.468 e. The number of aromatic nitrogens is 6. The summed E-state index contributed by atoms with van der Waals surface area (Å²) < 4.78 is 8.05. The summed E-state index contributed by atoms with van der Waals surface area (Å²) in [4.78, 5) is 15.3. The molecule has 102 valence electrons. The van der Waals surface area contributed by atoms with Gasteiger partial charge < -0.3 is 9.30 Å². The van der Waals surface area contributed by atoms with E-state index in [1.54, 1.807) is 6.33 Å². The lowest BCUT2D eigenvalue weighted by Gasteiger charge is -2.05. The molecule has 0 unspecified atom stereocenters. The van der Waals surface area contributed by atoms with Crippen LogP contribution in [0.15, 0.2) is 17.7 Å². The lowest BCUT2D eigenvalue weighted by atomic mass is 10.5. The van der Waals surface area contributed by atoms with Crippen molar-refractivity contribution in [2.75, 3.05) is 7.11 Å². The van der Waals surface area contributed by atoms with Gasteiger partial charge in [-0.15, -0.1) is 5.10 Å². The molecule has 0 N–H and O–H groups in total. The highest BCUT2D eigenvalue weighted by Gasteiger charge is 2.12. The molecule has 19 heavy (non-hydrogen) atoms. The summed E-state index contributed by atoms with van der Waals surface area (Å²) >= 11 is 1.45. The van der Waals surface area contributed by atoms with Gasteiger partial charge in [0.2, 0.25) is 5.16 Å². The maximum atomic E-state index is 11.2. The van der Waals surface area contributed by atoms with Gasteiger partial charge in [0.05, 0.1) is 13.4 Å². The number of thioether (sulfide) groups is 1. The first-order chi connectivity index (χ1) is 9.24. The molecule has 0 fully saturated rings. The van der Waals surface area contributed by atoms with Gasteiger partial charge >= 0.3 is 5.97 Å². The van der Waals surface area contributed by atoms with Crippen LogP contribution in [0.4, 0.5) is 0 Å². The molecule has 9 heteroatoms. The van der Waals surface area contributed by atoms with Gasteiger partial charge in [-0.05, 0) is 17.4 Å². The molecule has 0 aliphatic rings. The highest BCUT2D eigenvalue weighted by Crippen LogP contribution is 2.19. The van der Waals surface area contributed by atoms with Crippen molar-refractivity contribution in [3.8, 4) is 0 Å². The number of ether oxygens (including phenoxy) is 1. The lowest BCUT2D eigenvalue weighted by molar-refractivity contribution is -0.141. The molecular formula is C10H14N6O2S. The Labute approximate surface area is 114 Å². The van der Waals surface area contributed by atoms with Crippen molar-refractivity contribution in [2.45, 2.75) is 30.9 Å². The second kappa shape index (κ2) is 6.32. The summed E-state index contributed by atoms with van der Waals surface area (Å²) in [5.74, 6) is 0.308. The minimum atomic E-state index is -0.382. The Morgan fingerprint density at radius 3 is 3.11 bits per heavy atom. The molecule has 8 nitrogen and oxygen atoms in total. The highest BCUT2D eigenvalue weighted by atomic mass is 32.2. The van der Waals surface area contributed by atoms with Crippen LogP contribution in [0.5, 0.6) is 0 Å². The van der Waals surface area contributed by atoms with Crippen LogP contribution in [-0.4, -0.2) is 42.8 Å². The third kappa shape index (κ3) is 3.31. The van der Waals surface area contributed by atoms with E-state index in [4.69, 9.17) is 0 Å². The molecule has 0 spiro atoms. The number of hydrogen-bond donors (Lipinski definition) is 0. The molecule has 2 aromatic rings. The fourth-order valence-electron chi connectivity index (χ4n) is 1.48. The van der Waals surface area contributed by atoms with Crippen LogP contribution < -0.4 is 0 Å². The normalized spacial score (nSPS) is 10.6. The predicted molar refractivity (Wildman–Crippen MR) is 67.3 cm³/mol. The van der Waals surface area contributed by atoms with Gasteiger partial charge in [-0.3, -0.25) is 4.79 Å². The van der Waals surface area contributed by atoms with Crippen LogP contribution in [0.2, 0.25) is 0 Å². The molecule has 2 heterocycles. The van der Waals surface area contributed by atoms with E-state index in [-0.39, 0.29) is 12.5 Å². The fraction of sp³-hybridized carbons (Fsp3) is 0.500. The third-order valence-corrected chi connectivity index (χ3v) is 3.48. The van der Waals surface area contributed by atoms with E-state index < -0.39 is 0 Å². The number of carbonyl (C=O) groups excluding carboxylic acids is 1. The van der Waals surface area contributed by atoms with Crippen LogP contribution in [0.3, 0.4) is 0 Å². The van der Waals surface area contributed by atoms with E-state index in [0.717, 1.165) is 12.2 Å². The summed E-state index contributed by atoms with van der Waals surface area (Å²) in [5.41, 5.74) is 1.08. The molecule has 0 saturated heterocycles. The zero-order valence-electron chi connectivity index (χ0n) is 10.7. The number of hydrogen-bond acceptors (Lipinski definition) is 7. The standard InChI is InChI=1S/C10H14N6O2S/c1-3-15-7-11-4-8(15)6-19-10-12-13-14-16(10)5-9(17)18-2/h4,7H,3,5-6H2,1-2H3. The van der Waals surface area contributed by atoms with Gasteiger partial charge in [-0.25, -0.2) is 9.67 Å². The molecule has 0 aromatic carbocycles. The summed E-state index contributed by atoms with van der Waals surface area (Å²) in [6, 6.07) is 0. The van der Waals surface area contributed by atoms with Crippen molar-refractivity contribution in [1.29, 1.82) is 0 Å². The van der Waals surface area contributed by atoms with Crippen LogP contribution >= 0.6 is 11.8 Å². The van der Waals surface area contributed by atoms with E-state index in [2.05, 4.69) is 32.2 Å². The van der Waals surface area contributed by atoms with E-state index >= 15 is 0 Å². The van der Waals surface area contributed by atoms with Crippen LogP contribution in [0.25, 0.3) is 0 Å². The maximum Gasteiger partial charge on any atom is 0.327 e. The number of aryl methyl sites for hydroxylation is 1. The first-order valence-electron chi connectivity index (χ1n) is 5.69. The smallest absolute Gasteiger partial charge is 0.327 e. The highest BCUT2D eigenvalue weighted by molar-refractivity contribution is 7.98. The Hall–Kier alpha value is -1.90. The van der Waals surface area contributed by atoms with Crippen molar-refractivity contribution in [3.05, 3.63) is 18.2 Å². The number of rotatable bonds is 6. The second-order valence-corrected chi connectivity index (χ2v) is 4.60. The van der Waals surface area contributed by atoms with Gasteiger partial charge in [-0.2, -0.15) is 0 Å². The van der Waals surface area contributed by atoms with Gasteiger partial charge in [0.1, 0.15) is 6.54 Å². The van der Waals surface area contributed by atoms with Crippen molar-refractivity contribution in [2.24, 2.45) is 0 Å². The molecular weight excluding hydrogens is 268 g/mol. The van der Waals surface area contributed by atoms with Crippen molar-refractivity contribution in [1.82, 2.24) is 29.8 Å². The van der Waals surface area contributed by atoms with E-state index in [1.807, 2.05) is 10.8 Å². The molecule has 0 amide bonds. The molecule has 2 rings (SSSR count). The van der Waals surface area contributed by atoms with Crippen LogP contribution in [-0.2, 0) is 28.4 Å². The molecule has 0 radical (unpaired) electrons. The predicted octanol–water partition coefficient (Wildman–Crippen LogP) is 0.355. The maximum absolute atomic E-state index is 11.2. The van der Waals surface area contributed by atoms with E-state index in [0.29, 0.717) is 10.9 Å². The zero-order chi connectivity index (χ0) is 13.7. The van der Waals surface area contributed by atoms with Gasteiger partial charge in [0.25, 0.3) is 0 Å². The second-order valence-electron chi connectivity index (χ2n) is 3.65. The Kier molecular flexibility index (Phi) is 4.50. The van der Waals surface area contributed by atoms with Crippen molar-refractivity contribution < 1.29 is 9.53 Å². The Morgan fingerprint density at radius 1 is 1.53 bits per heavy atom. The molecule has 0 aliphatic heterocycles. The summed E-state index contributed by atoms with van der Waals surface area (Å²) in [7, 11) is 1.33. The number of nitrogens with zero attached hydrogens (tertiary/aromatic N) is 6. The number of tetrazole rings is 1. The number of imidazole rings is 1. The SMILES string of the molecule is CCn1cncc1CSc1nnnn1CC(=O)OC. The first-order valence-corrected chi connectivity index (χ1v) is 6.68. The lowest BCUT2D eigenvalue weighted by Crippen LogP contribution is -2.13. The van der Waals surface area contributed by atoms with Gasteiger partial charge in [0, 0.05) is 24.2 Å². The summed E-state index contributed by atoms with van der Waals surface area (Å²) in [5, 5.41) is 11.8. The van der Waals surface area contributed by atoms with Gasteiger partial charge in [-0.1, -0.05) is 11.8 Å². The Bertz CT molecular complexity index is 552. The van der Waals surface area contributed by atoms with Crippen LogP contribution in [0.1, 0.15) is 12.6 Å². The number of carbonyl (C=O) groups is 1. The summed E-state index contributed by atoms with van der Waals surface area (Å²) in [6.45, 7) is 2.93. The van der Waals surface area contributed by atoms with Crippen LogP contribution in [0, 0.1) is 0 Å². The van der Waals surface area contributed by atoms with Gasteiger partial charge in [0.15, 0.2) is 0 Å². The molecule has 0 aliphatic carbocycles. The third-order valence-electron chi connectivity index (χ3n) is 2.49. The zero-order valence-corrected chi connectivity index (χ0v) is 11.5. The minimum Gasteiger partial charge on any atom is -0.468 e. The first kappa shape index (κ1) is 13.5. The Morgan fingerprint density at radius 2 is 2.37 bits per heavy atom. The minimum absolute atomic E-state index is 0.0128. The quantitative estimate of drug-likeness (QED) is 0.558. The average Bonchev–Trinajstić information content (AvgIpc) is 3.04. The number of esters is 1. The van der Waals surface area contributed by atoms with E-state index in [9.17, 15) is 4.79 Å². The van der Waals surface area contributed by atoms with Crippen molar-refractivity contribution in [3.63, 3.8) is 0 Å². The number of methoxy groups -OCH3 is 1. The fourth-order valence-corrected chi connectivity index (χ4v) is 2.34. The van der Waals surface area contributed by atoms with Crippen molar-refractivity contribution >= 4 is 17.7 Å². The molecule has 0 bridgehead atoms. The molecule has 0 atom stereocenters. The molecule has 0 saturated carbocycles. The Balaban J connectivity index is 2.00. The average molecular weight is 282 g/mol. The summed E-state index contributed by atoms with van der Waals surface area (Å²) in [6.07, 6.45) is 3.60. The van der Waals surface area contributed by atoms with E-state index in [1.165, 1.54) is 23.6 Å².